The number of nitrogens with zero attached hydrogens (tertiary/aromatic N) is 1. The highest BCUT2D eigenvalue weighted by Gasteiger charge is 2.38. The van der Waals surface area contributed by atoms with Crippen LogP contribution in [0.2, 0.25) is 0 Å². The number of amides is 2. The van der Waals surface area contributed by atoms with Gasteiger partial charge in [0.1, 0.15) is 6.61 Å². The molecule has 18 heavy (non-hydrogen) atoms. The second-order valence-corrected chi connectivity index (χ2v) is 5.50. The zero-order chi connectivity index (χ0) is 13.1. The molecular weight excluding hydrogens is 230 g/mol. The summed E-state index contributed by atoms with van der Waals surface area (Å²) in [7, 11) is 0. The Labute approximate surface area is 108 Å². The first-order valence-corrected chi connectivity index (χ1v) is 6.77. The van der Waals surface area contributed by atoms with Gasteiger partial charge in [-0.2, -0.15) is 0 Å². The van der Waals surface area contributed by atoms with E-state index in [-0.39, 0.29) is 17.9 Å². The fourth-order valence-corrected chi connectivity index (χ4v) is 2.63. The highest BCUT2D eigenvalue weighted by Crippen LogP contribution is 2.26. The summed E-state index contributed by atoms with van der Waals surface area (Å²) in [6.07, 6.45) is 7.79. The minimum Gasteiger partial charge on any atom is -0.447 e. The van der Waals surface area contributed by atoms with Gasteiger partial charge in [0.15, 0.2) is 0 Å². The van der Waals surface area contributed by atoms with Crippen molar-refractivity contribution in [2.75, 3.05) is 6.61 Å². The second kappa shape index (κ2) is 5.55. The van der Waals surface area contributed by atoms with Crippen LogP contribution in [0.5, 0.6) is 0 Å². The number of carbonyl (C=O) groups excluding carboxylic acids is 2. The predicted molar refractivity (Wildman–Crippen MR) is 67.9 cm³/mol. The molecule has 4 heteroatoms. The van der Waals surface area contributed by atoms with Crippen molar-refractivity contribution in [1.29, 1.82) is 0 Å². The lowest BCUT2D eigenvalue weighted by Crippen LogP contribution is -2.40. The molecule has 4 nitrogen and oxygen atoms in total. The summed E-state index contributed by atoms with van der Waals surface area (Å²) in [6, 6.07) is -0.127. The number of ether oxygens (including phenoxy) is 1. The van der Waals surface area contributed by atoms with Crippen LogP contribution in [0, 0.1) is 11.8 Å². The van der Waals surface area contributed by atoms with Crippen LogP contribution in [0.25, 0.3) is 0 Å². The first-order chi connectivity index (χ1) is 8.59. The van der Waals surface area contributed by atoms with E-state index in [2.05, 4.69) is 0 Å². The molecule has 2 rings (SSSR count). The number of allylic oxidation sites excluding steroid dienone is 1. The van der Waals surface area contributed by atoms with Gasteiger partial charge in [0, 0.05) is 0 Å². The molecule has 0 N–H and O–H groups in total. The van der Waals surface area contributed by atoms with E-state index >= 15 is 0 Å². The molecule has 1 saturated heterocycles. The summed E-state index contributed by atoms with van der Waals surface area (Å²) in [4.78, 5) is 24.9. The minimum absolute atomic E-state index is 0.127. The molecule has 1 atom stereocenters. The maximum absolute atomic E-state index is 12.1. The Morgan fingerprint density at radius 3 is 2.67 bits per heavy atom. The molecule has 0 aromatic carbocycles. The average molecular weight is 251 g/mol. The predicted octanol–water partition coefficient (Wildman–Crippen LogP) is 2.74. The molecule has 1 aliphatic heterocycles. The van der Waals surface area contributed by atoms with Crippen molar-refractivity contribution in [2.45, 2.75) is 45.6 Å². The normalized spacial score (nSPS) is 25.4. The van der Waals surface area contributed by atoms with Gasteiger partial charge in [-0.3, -0.25) is 4.79 Å². The Bertz CT molecular complexity index is 356. The molecule has 2 amide bonds. The van der Waals surface area contributed by atoms with Gasteiger partial charge in [-0.1, -0.05) is 32.8 Å². The van der Waals surface area contributed by atoms with E-state index in [1.807, 2.05) is 19.9 Å². The third-order valence-corrected chi connectivity index (χ3v) is 3.82. The van der Waals surface area contributed by atoms with Crippen LogP contribution < -0.4 is 0 Å². The van der Waals surface area contributed by atoms with Crippen LogP contribution in [0.3, 0.4) is 0 Å². The summed E-state index contributed by atoms with van der Waals surface area (Å²) >= 11 is 0. The lowest BCUT2D eigenvalue weighted by molar-refractivity contribution is -0.124. The average Bonchev–Trinajstić information content (AvgIpc) is 2.94. The van der Waals surface area contributed by atoms with Gasteiger partial charge >= 0.3 is 6.09 Å². The molecule has 1 heterocycles. The fourth-order valence-electron chi connectivity index (χ4n) is 2.63. The van der Waals surface area contributed by atoms with Crippen molar-refractivity contribution in [3.05, 3.63) is 12.2 Å². The van der Waals surface area contributed by atoms with E-state index < -0.39 is 6.09 Å². The smallest absolute Gasteiger partial charge is 0.417 e. The molecule has 2 fully saturated rings. The molecule has 1 saturated carbocycles. The van der Waals surface area contributed by atoms with E-state index in [4.69, 9.17) is 4.74 Å². The number of carbonyl (C=O) groups is 2. The Hall–Kier alpha value is -1.32. The molecule has 2 aliphatic rings. The van der Waals surface area contributed by atoms with Crippen molar-refractivity contribution in [3.8, 4) is 0 Å². The molecular formula is C14H21NO3. The third kappa shape index (κ3) is 2.74. The highest BCUT2D eigenvalue weighted by molar-refractivity contribution is 5.99. The van der Waals surface area contributed by atoms with Crippen molar-refractivity contribution in [1.82, 2.24) is 4.90 Å². The van der Waals surface area contributed by atoms with E-state index in [0.29, 0.717) is 12.5 Å². The standard InChI is InChI=1S/C14H21NO3/c1-10(2)12-9-18-14(17)15(12)13(16)8-7-11-5-3-4-6-11/h7-8,10-12H,3-6,9H2,1-2H3/b8-7+/t12-/m1/s1. The monoisotopic (exact) mass is 251 g/mol. The van der Waals surface area contributed by atoms with Gasteiger partial charge in [0.2, 0.25) is 0 Å². The largest absolute Gasteiger partial charge is 0.447 e. The SMILES string of the molecule is CC(C)[C@H]1COC(=O)N1C(=O)/C=C/C1CCCC1. The van der Waals surface area contributed by atoms with Crippen LogP contribution >= 0.6 is 0 Å². The number of hydrogen-bond acceptors (Lipinski definition) is 3. The fraction of sp³-hybridized carbons (Fsp3) is 0.714. The highest BCUT2D eigenvalue weighted by atomic mass is 16.6. The van der Waals surface area contributed by atoms with E-state index in [1.54, 1.807) is 6.08 Å². The van der Waals surface area contributed by atoms with Gasteiger partial charge in [-0.05, 0) is 30.8 Å². The van der Waals surface area contributed by atoms with Crippen molar-refractivity contribution in [2.24, 2.45) is 11.8 Å². The van der Waals surface area contributed by atoms with Crippen LogP contribution in [0.4, 0.5) is 4.79 Å². The molecule has 0 unspecified atom stereocenters. The molecule has 0 aromatic heterocycles. The Morgan fingerprint density at radius 2 is 2.06 bits per heavy atom. The topological polar surface area (TPSA) is 46.6 Å². The van der Waals surface area contributed by atoms with E-state index in [1.165, 1.54) is 17.7 Å². The minimum atomic E-state index is -0.505. The number of imide groups is 1. The van der Waals surface area contributed by atoms with Crippen LogP contribution in [-0.4, -0.2) is 29.5 Å². The first kappa shape index (κ1) is 13.1. The molecule has 0 spiro atoms. The zero-order valence-electron chi connectivity index (χ0n) is 11.1. The van der Waals surface area contributed by atoms with E-state index in [9.17, 15) is 9.59 Å². The third-order valence-electron chi connectivity index (χ3n) is 3.82. The van der Waals surface area contributed by atoms with Gasteiger partial charge < -0.3 is 4.74 Å². The molecule has 0 bridgehead atoms. The summed E-state index contributed by atoms with van der Waals surface area (Å²) in [5.74, 6) is 0.494. The van der Waals surface area contributed by atoms with Crippen LogP contribution in [-0.2, 0) is 9.53 Å². The zero-order valence-corrected chi connectivity index (χ0v) is 11.1. The summed E-state index contributed by atoms with van der Waals surface area (Å²) in [6.45, 7) is 4.31. The van der Waals surface area contributed by atoms with Gasteiger partial charge in [0.25, 0.3) is 5.91 Å². The first-order valence-electron chi connectivity index (χ1n) is 6.77. The lowest BCUT2D eigenvalue weighted by atomic mass is 10.0. The second-order valence-electron chi connectivity index (χ2n) is 5.50. The maximum Gasteiger partial charge on any atom is 0.417 e. The lowest BCUT2D eigenvalue weighted by Gasteiger charge is -2.21. The quantitative estimate of drug-likeness (QED) is 0.724. The number of rotatable bonds is 3. The van der Waals surface area contributed by atoms with Crippen molar-refractivity contribution < 1.29 is 14.3 Å². The number of cyclic esters (lactones) is 1. The van der Waals surface area contributed by atoms with Crippen LogP contribution in [0.15, 0.2) is 12.2 Å². The Morgan fingerprint density at radius 1 is 1.39 bits per heavy atom. The van der Waals surface area contributed by atoms with E-state index in [0.717, 1.165) is 12.8 Å². The molecule has 1 aliphatic carbocycles. The summed E-state index contributed by atoms with van der Waals surface area (Å²) in [5.41, 5.74) is 0. The van der Waals surface area contributed by atoms with Crippen LogP contribution in [0.1, 0.15) is 39.5 Å². The number of hydrogen-bond donors (Lipinski definition) is 0. The maximum atomic E-state index is 12.1. The van der Waals surface area contributed by atoms with Gasteiger partial charge in [0.05, 0.1) is 6.04 Å². The Kier molecular flexibility index (Phi) is 4.04. The summed E-state index contributed by atoms with van der Waals surface area (Å²) in [5, 5.41) is 0. The summed E-state index contributed by atoms with van der Waals surface area (Å²) < 4.78 is 4.96. The van der Waals surface area contributed by atoms with Gasteiger partial charge in [-0.15, -0.1) is 0 Å². The molecule has 0 aromatic rings. The molecule has 100 valence electrons. The van der Waals surface area contributed by atoms with Crippen molar-refractivity contribution in [3.63, 3.8) is 0 Å². The van der Waals surface area contributed by atoms with Gasteiger partial charge in [-0.25, -0.2) is 9.69 Å². The Balaban J connectivity index is 2.00. The molecule has 0 radical (unpaired) electrons. The van der Waals surface area contributed by atoms with Crippen molar-refractivity contribution >= 4 is 12.0 Å².